The Morgan fingerprint density at radius 3 is 2.51 bits per heavy atom. The van der Waals surface area contributed by atoms with Gasteiger partial charge in [0.05, 0.1) is 0 Å². The molecule has 0 radical (unpaired) electrons. The van der Waals surface area contributed by atoms with Gasteiger partial charge in [-0.2, -0.15) is 0 Å². The minimum Gasteiger partial charge on any atom is -0.357 e. The van der Waals surface area contributed by atoms with Crippen LogP contribution >= 0.6 is 0 Å². The Kier molecular flexibility index (Phi) is 7.85. The van der Waals surface area contributed by atoms with Crippen LogP contribution in [0.3, 0.4) is 0 Å². The molecule has 1 saturated heterocycles. The number of pyridine rings is 1. The van der Waals surface area contributed by atoms with Crippen LogP contribution in [-0.2, 0) is 13.5 Å². The summed E-state index contributed by atoms with van der Waals surface area (Å²) in [6.45, 7) is 4.39. The van der Waals surface area contributed by atoms with E-state index < -0.39 is 0 Å². The molecule has 3 heterocycles. The highest BCUT2D eigenvalue weighted by atomic mass is 16.2. The number of amides is 2. The molecule has 1 aromatic carbocycles. The number of aromatic nitrogens is 2. The Morgan fingerprint density at radius 1 is 1.09 bits per heavy atom. The van der Waals surface area contributed by atoms with E-state index in [1.54, 1.807) is 10.6 Å². The standard InChI is InChI=1S/C28H35N5O2/c1-21-18-23(20-26(30-21)33-16-7-8-17-33)28(35)32(3)24(19-22-10-5-4-6-11-22)13-14-29-27(34)25-12-9-15-31(25)2/h4-6,9-12,15,18,20,24H,7-8,13-14,16-17,19H2,1-3H3,(H,29,34). The van der Waals surface area contributed by atoms with E-state index in [2.05, 4.69) is 27.3 Å². The van der Waals surface area contributed by atoms with Gasteiger partial charge in [0.15, 0.2) is 0 Å². The van der Waals surface area contributed by atoms with E-state index in [9.17, 15) is 9.59 Å². The van der Waals surface area contributed by atoms with Gasteiger partial charge in [-0.05, 0) is 62.4 Å². The number of anilines is 1. The minimum absolute atomic E-state index is 0.0226. The first kappa shape index (κ1) is 24.5. The maximum atomic E-state index is 13.6. The number of carbonyl (C=O) groups excluding carboxylic acids is 2. The van der Waals surface area contributed by atoms with Crippen LogP contribution in [-0.4, -0.2) is 59.0 Å². The second-order valence-corrected chi connectivity index (χ2v) is 9.36. The third-order valence-corrected chi connectivity index (χ3v) is 6.74. The summed E-state index contributed by atoms with van der Waals surface area (Å²) in [5.41, 5.74) is 3.29. The van der Waals surface area contributed by atoms with Crippen LogP contribution in [0.1, 0.15) is 51.4 Å². The van der Waals surface area contributed by atoms with E-state index in [-0.39, 0.29) is 17.9 Å². The van der Waals surface area contributed by atoms with Gasteiger partial charge >= 0.3 is 0 Å². The molecule has 4 rings (SSSR count). The van der Waals surface area contributed by atoms with Crippen molar-refractivity contribution >= 4 is 17.6 Å². The number of benzene rings is 1. The van der Waals surface area contributed by atoms with Crippen molar-refractivity contribution in [1.82, 2.24) is 19.8 Å². The molecule has 0 bridgehead atoms. The van der Waals surface area contributed by atoms with Crippen molar-refractivity contribution in [3.63, 3.8) is 0 Å². The topological polar surface area (TPSA) is 70.5 Å². The van der Waals surface area contributed by atoms with Crippen LogP contribution in [0, 0.1) is 6.92 Å². The quantitative estimate of drug-likeness (QED) is 0.513. The molecule has 1 aliphatic rings. The van der Waals surface area contributed by atoms with Gasteiger partial charge in [-0.1, -0.05) is 30.3 Å². The first-order valence-electron chi connectivity index (χ1n) is 12.4. The predicted octanol–water partition coefficient (Wildman–Crippen LogP) is 3.83. The molecule has 1 unspecified atom stereocenters. The Labute approximate surface area is 207 Å². The average molecular weight is 474 g/mol. The third kappa shape index (κ3) is 6.10. The lowest BCUT2D eigenvalue weighted by Gasteiger charge is -2.29. The van der Waals surface area contributed by atoms with Gasteiger partial charge < -0.3 is 19.7 Å². The number of carbonyl (C=O) groups is 2. The predicted molar refractivity (Wildman–Crippen MR) is 139 cm³/mol. The van der Waals surface area contributed by atoms with Crippen LogP contribution in [0.15, 0.2) is 60.8 Å². The lowest BCUT2D eigenvalue weighted by atomic mass is 10.0. The zero-order valence-electron chi connectivity index (χ0n) is 20.9. The molecule has 35 heavy (non-hydrogen) atoms. The Hall–Kier alpha value is -3.61. The number of aryl methyl sites for hydroxylation is 2. The van der Waals surface area contributed by atoms with Gasteiger partial charge in [0.25, 0.3) is 11.8 Å². The first-order valence-corrected chi connectivity index (χ1v) is 12.4. The molecule has 0 spiro atoms. The molecular formula is C28H35N5O2. The first-order chi connectivity index (χ1) is 16.9. The van der Waals surface area contributed by atoms with Gasteiger partial charge in [-0.25, -0.2) is 4.98 Å². The fourth-order valence-electron chi connectivity index (χ4n) is 4.71. The number of likely N-dealkylation sites (N-methyl/N-ethyl adjacent to an activating group) is 1. The molecule has 184 valence electrons. The molecule has 0 saturated carbocycles. The maximum Gasteiger partial charge on any atom is 0.267 e. The summed E-state index contributed by atoms with van der Waals surface area (Å²) in [4.78, 5) is 34.9. The summed E-state index contributed by atoms with van der Waals surface area (Å²) in [6, 6.07) is 17.6. The van der Waals surface area contributed by atoms with E-state index in [1.165, 1.54) is 0 Å². The molecule has 0 aliphatic carbocycles. The van der Waals surface area contributed by atoms with Crippen LogP contribution in [0.2, 0.25) is 0 Å². The Bertz CT molecular complexity index is 1150. The summed E-state index contributed by atoms with van der Waals surface area (Å²) in [7, 11) is 3.72. The van der Waals surface area contributed by atoms with Crippen molar-refractivity contribution in [3.8, 4) is 0 Å². The van der Waals surface area contributed by atoms with Crippen molar-refractivity contribution in [2.45, 2.75) is 38.6 Å². The Morgan fingerprint density at radius 2 is 1.83 bits per heavy atom. The van der Waals surface area contributed by atoms with Crippen LogP contribution < -0.4 is 10.2 Å². The monoisotopic (exact) mass is 473 g/mol. The molecule has 1 N–H and O–H groups in total. The summed E-state index contributed by atoms with van der Waals surface area (Å²) in [6.07, 6.45) is 5.54. The number of hydrogen-bond acceptors (Lipinski definition) is 4. The summed E-state index contributed by atoms with van der Waals surface area (Å²) in [5.74, 6) is 0.754. The molecule has 7 nitrogen and oxygen atoms in total. The molecule has 1 fully saturated rings. The van der Waals surface area contributed by atoms with E-state index in [0.717, 1.165) is 43.0 Å². The van der Waals surface area contributed by atoms with Crippen molar-refractivity contribution in [2.75, 3.05) is 31.6 Å². The third-order valence-electron chi connectivity index (χ3n) is 6.74. The normalized spacial score (nSPS) is 14.1. The minimum atomic E-state index is -0.107. The van der Waals surface area contributed by atoms with Crippen LogP contribution in [0.5, 0.6) is 0 Å². The molecule has 1 atom stereocenters. The average Bonchev–Trinajstić information content (AvgIpc) is 3.55. The van der Waals surface area contributed by atoms with Crippen LogP contribution in [0.25, 0.3) is 0 Å². The van der Waals surface area contributed by atoms with E-state index in [0.29, 0.717) is 30.6 Å². The highest BCUT2D eigenvalue weighted by molar-refractivity contribution is 5.95. The van der Waals surface area contributed by atoms with E-state index in [4.69, 9.17) is 0 Å². The second kappa shape index (κ2) is 11.2. The zero-order chi connectivity index (χ0) is 24.8. The number of nitrogens with zero attached hydrogens (tertiary/aromatic N) is 4. The molecule has 2 amide bonds. The molecular weight excluding hydrogens is 438 g/mol. The van der Waals surface area contributed by atoms with Crippen molar-refractivity contribution < 1.29 is 9.59 Å². The molecule has 2 aromatic heterocycles. The van der Waals surface area contributed by atoms with Crippen molar-refractivity contribution in [2.24, 2.45) is 7.05 Å². The maximum absolute atomic E-state index is 13.6. The lowest BCUT2D eigenvalue weighted by Crippen LogP contribution is -2.41. The van der Waals surface area contributed by atoms with Gasteiger partial charge in [0, 0.05) is 57.2 Å². The van der Waals surface area contributed by atoms with Gasteiger partial charge in [-0.15, -0.1) is 0 Å². The molecule has 7 heteroatoms. The number of hydrogen-bond donors (Lipinski definition) is 1. The van der Waals surface area contributed by atoms with E-state index >= 15 is 0 Å². The Balaban J connectivity index is 1.49. The van der Waals surface area contributed by atoms with Gasteiger partial charge in [0.1, 0.15) is 11.5 Å². The molecule has 3 aromatic rings. The molecule has 1 aliphatic heterocycles. The fraction of sp³-hybridized carbons (Fsp3) is 0.393. The number of nitrogens with one attached hydrogen (secondary N) is 1. The number of rotatable bonds is 9. The van der Waals surface area contributed by atoms with Gasteiger partial charge in [-0.3, -0.25) is 9.59 Å². The van der Waals surface area contributed by atoms with Crippen molar-refractivity contribution in [3.05, 3.63) is 83.3 Å². The van der Waals surface area contributed by atoms with Gasteiger partial charge in [0.2, 0.25) is 0 Å². The lowest BCUT2D eigenvalue weighted by molar-refractivity contribution is 0.0722. The highest BCUT2D eigenvalue weighted by Gasteiger charge is 2.24. The smallest absolute Gasteiger partial charge is 0.267 e. The fourth-order valence-corrected chi connectivity index (χ4v) is 4.71. The summed E-state index contributed by atoms with van der Waals surface area (Å²) >= 11 is 0. The second-order valence-electron chi connectivity index (χ2n) is 9.36. The SMILES string of the molecule is Cc1cc(C(=O)N(C)C(CCNC(=O)c2cccn2C)Cc2ccccc2)cc(N2CCCC2)n1. The zero-order valence-corrected chi connectivity index (χ0v) is 20.9. The summed E-state index contributed by atoms with van der Waals surface area (Å²) in [5, 5.41) is 3.02. The van der Waals surface area contributed by atoms with E-state index in [1.807, 2.05) is 68.5 Å². The van der Waals surface area contributed by atoms with Crippen LogP contribution in [0.4, 0.5) is 5.82 Å². The summed E-state index contributed by atoms with van der Waals surface area (Å²) < 4.78 is 1.80. The van der Waals surface area contributed by atoms with Crippen molar-refractivity contribution in [1.29, 1.82) is 0 Å². The highest BCUT2D eigenvalue weighted by Crippen LogP contribution is 2.22. The largest absolute Gasteiger partial charge is 0.357 e.